The summed E-state index contributed by atoms with van der Waals surface area (Å²) >= 11 is 10.9. The fourth-order valence-corrected chi connectivity index (χ4v) is 5.00. The molecule has 0 aromatic heterocycles. The summed E-state index contributed by atoms with van der Waals surface area (Å²) in [6.45, 7) is 0. The maximum absolute atomic E-state index is 13.3. The molecule has 0 saturated carbocycles. The van der Waals surface area contributed by atoms with Crippen LogP contribution in [0.5, 0.6) is 11.5 Å². The first-order chi connectivity index (χ1) is 20.7. The van der Waals surface area contributed by atoms with Crippen molar-refractivity contribution in [2.24, 2.45) is 0 Å². The Bertz CT molecular complexity index is 1630. The number of rotatable bonds is 11. The summed E-state index contributed by atoms with van der Waals surface area (Å²) in [6, 6.07) is 26.2. The molecule has 3 N–H and O–H groups in total. The number of benzene rings is 4. The molecule has 0 bridgehead atoms. The molecule has 4 aromatic carbocycles. The quantitative estimate of drug-likeness (QED) is 0.114. The summed E-state index contributed by atoms with van der Waals surface area (Å²) in [5.74, 6) is -0.151. The van der Waals surface area contributed by atoms with E-state index in [9.17, 15) is 14.4 Å². The van der Waals surface area contributed by atoms with E-state index in [4.69, 9.17) is 21.1 Å². The minimum absolute atomic E-state index is 0.0837. The van der Waals surface area contributed by atoms with Gasteiger partial charge in [0, 0.05) is 26.7 Å². The molecule has 0 atom stereocenters. The molecule has 4 rings (SSSR count). The van der Waals surface area contributed by atoms with Crippen molar-refractivity contribution < 1.29 is 23.9 Å². The van der Waals surface area contributed by atoms with Crippen LogP contribution in [-0.4, -0.2) is 37.7 Å². The molecule has 0 saturated heterocycles. The van der Waals surface area contributed by atoms with Crippen molar-refractivity contribution in [3.8, 4) is 11.5 Å². The van der Waals surface area contributed by atoms with Gasteiger partial charge in [-0.15, -0.1) is 11.8 Å². The number of methoxy groups -OCH3 is 2. The molecule has 0 fully saturated rings. The molecule has 0 spiro atoms. The first kappa shape index (κ1) is 31.7. The van der Waals surface area contributed by atoms with Gasteiger partial charge >= 0.3 is 0 Å². The Kier molecular flexibility index (Phi) is 11.3. The maximum atomic E-state index is 13.3. The van der Waals surface area contributed by atoms with Crippen molar-refractivity contribution in [3.05, 3.63) is 117 Å². The third-order valence-electron chi connectivity index (χ3n) is 5.94. The first-order valence-electron chi connectivity index (χ1n) is 12.8. The van der Waals surface area contributed by atoms with Crippen LogP contribution in [-0.2, 0) is 9.59 Å². The van der Waals surface area contributed by atoms with Gasteiger partial charge in [-0.3, -0.25) is 14.4 Å². The molecule has 0 radical (unpaired) electrons. The van der Waals surface area contributed by atoms with Crippen LogP contribution in [0.2, 0.25) is 5.02 Å². The third-order valence-corrected chi connectivity index (χ3v) is 7.78. The van der Waals surface area contributed by atoms with Crippen LogP contribution in [0.4, 0.5) is 11.4 Å². The highest BCUT2D eigenvalue weighted by molar-refractivity contribution is 9.10. The minimum Gasteiger partial charge on any atom is -0.495 e. The van der Waals surface area contributed by atoms with Crippen molar-refractivity contribution >= 4 is 74.5 Å². The van der Waals surface area contributed by atoms with Crippen molar-refractivity contribution in [2.75, 3.05) is 30.6 Å². The van der Waals surface area contributed by atoms with Gasteiger partial charge in [0.2, 0.25) is 5.91 Å². The predicted molar refractivity (Wildman–Crippen MR) is 175 cm³/mol. The summed E-state index contributed by atoms with van der Waals surface area (Å²) in [6.07, 6.45) is 1.61. The molecule has 0 aliphatic carbocycles. The van der Waals surface area contributed by atoms with E-state index < -0.39 is 11.8 Å². The second kappa shape index (κ2) is 15.3. The van der Waals surface area contributed by atoms with Crippen LogP contribution in [0.3, 0.4) is 0 Å². The van der Waals surface area contributed by atoms with Gasteiger partial charge in [0.1, 0.15) is 17.2 Å². The predicted octanol–water partition coefficient (Wildman–Crippen LogP) is 7.26. The topological polar surface area (TPSA) is 106 Å². The second-order valence-electron chi connectivity index (χ2n) is 8.93. The van der Waals surface area contributed by atoms with Gasteiger partial charge in [-0.25, -0.2) is 0 Å². The Labute approximate surface area is 266 Å². The summed E-state index contributed by atoms with van der Waals surface area (Å²) < 4.78 is 11.4. The van der Waals surface area contributed by atoms with Gasteiger partial charge < -0.3 is 25.4 Å². The van der Waals surface area contributed by atoms with Crippen LogP contribution in [0.15, 0.2) is 106 Å². The van der Waals surface area contributed by atoms with Crippen molar-refractivity contribution in [2.45, 2.75) is 4.90 Å². The highest BCUT2D eigenvalue weighted by Gasteiger charge is 2.16. The zero-order chi connectivity index (χ0) is 30.8. The van der Waals surface area contributed by atoms with Gasteiger partial charge in [0.05, 0.1) is 30.7 Å². The molecule has 0 aliphatic heterocycles. The van der Waals surface area contributed by atoms with E-state index in [1.54, 1.807) is 66.7 Å². The molecule has 220 valence electrons. The fraction of sp³-hybridized carbons (Fsp3) is 0.0938. The summed E-state index contributed by atoms with van der Waals surface area (Å²) in [4.78, 5) is 39.5. The molecular weight excluding hydrogens is 654 g/mol. The Morgan fingerprint density at radius 2 is 1.53 bits per heavy atom. The van der Waals surface area contributed by atoms with Crippen molar-refractivity contribution in [3.63, 3.8) is 0 Å². The number of amides is 3. The molecule has 0 aliphatic rings. The van der Waals surface area contributed by atoms with E-state index in [-0.39, 0.29) is 17.4 Å². The van der Waals surface area contributed by atoms with E-state index in [1.807, 2.05) is 30.3 Å². The molecule has 0 unspecified atom stereocenters. The zero-order valence-electron chi connectivity index (χ0n) is 23.2. The number of carbonyl (C=O) groups excluding carboxylic acids is 3. The zero-order valence-corrected chi connectivity index (χ0v) is 26.3. The summed E-state index contributed by atoms with van der Waals surface area (Å²) in [7, 11) is 2.99. The van der Waals surface area contributed by atoms with Crippen LogP contribution in [0.25, 0.3) is 6.08 Å². The van der Waals surface area contributed by atoms with E-state index in [0.29, 0.717) is 33.5 Å². The molecule has 11 heteroatoms. The van der Waals surface area contributed by atoms with Gasteiger partial charge in [-0.2, -0.15) is 0 Å². The van der Waals surface area contributed by atoms with E-state index in [0.717, 1.165) is 14.9 Å². The van der Waals surface area contributed by atoms with Crippen LogP contribution in [0, 0.1) is 0 Å². The monoisotopic (exact) mass is 679 g/mol. The summed E-state index contributed by atoms with van der Waals surface area (Å²) in [5, 5.41) is 8.69. The van der Waals surface area contributed by atoms with Gasteiger partial charge in [0.25, 0.3) is 11.8 Å². The number of nitrogens with one attached hydrogen (secondary N) is 3. The number of hydrogen-bond donors (Lipinski definition) is 3. The highest BCUT2D eigenvalue weighted by Crippen LogP contribution is 2.36. The van der Waals surface area contributed by atoms with Crippen molar-refractivity contribution in [1.29, 1.82) is 0 Å². The first-order valence-corrected chi connectivity index (χ1v) is 15.0. The number of hydrogen-bond acceptors (Lipinski definition) is 6. The van der Waals surface area contributed by atoms with E-state index >= 15 is 0 Å². The SMILES string of the molecule is COc1cc(OC)c(NC(=O)CSc2ccc(NC(=O)/C(=C/c3ccc(Br)cc3)NC(=O)c3ccccc3)cc2)cc1Cl. The van der Waals surface area contributed by atoms with Gasteiger partial charge in [-0.1, -0.05) is 57.9 Å². The minimum atomic E-state index is -0.487. The Morgan fingerprint density at radius 3 is 2.19 bits per heavy atom. The second-order valence-corrected chi connectivity index (χ2v) is 11.3. The Hall–Kier alpha value is -4.25. The van der Waals surface area contributed by atoms with Crippen LogP contribution >= 0.6 is 39.3 Å². The molecule has 8 nitrogen and oxygen atoms in total. The maximum Gasteiger partial charge on any atom is 0.272 e. The number of ether oxygens (including phenoxy) is 2. The Balaban J connectivity index is 1.40. The summed E-state index contributed by atoms with van der Waals surface area (Å²) in [5.41, 5.74) is 2.20. The smallest absolute Gasteiger partial charge is 0.272 e. The molecule has 0 heterocycles. The number of halogens is 2. The van der Waals surface area contributed by atoms with E-state index in [2.05, 4.69) is 31.9 Å². The largest absolute Gasteiger partial charge is 0.495 e. The highest BCUT2D eigenvalue weighted by atomic mass is 79.9. The fourth-order valence-electron chi connectivity index (χ4n) is 3.79. The van der Waals surface area contributed by atoms with E-state index in [1.165, 1.54) is 26.0 Å². The average molecular weight is 681 g/mol. The third kappa shape index (κ3) is 9.12. The average Bonchev–Trinajstić information content (AvgIpc) is 3.02. The Morgan fingerprint density at radius 1 is 0.860 bits per heavy atom. The number of carbonyl (C=O) groups is 3. The van der Waals surface area contributed by atoms with Crippen molar-refractivity contribution in [1.82, 2.24) is 5.32 Å². The normalized spacial score (nSPS) is 10.9. The van der Waals surface area contributed by atoms with Gasteiger partial charge in [-0.05, 0) is 66.2 Å². The lowest BCUT2D eigenvalue weighted by atomic mass is 10.1. The molecule has 43 heavy (non-hydrogen) atoms. The lowest BCUT2D eigenvalue weighted by Crippen LogP contribution is -2.30. The molecular formula is C32H27BrClN3O5S. The molecule has 4 aromatic rings. The lowest BCUT2D eigenvalue weighted by Gasteiger charge is -2.13. The molecule has 3 amide bonds. The standard InChI is InChI=1S/C32H27BrClN3O5S/c1-41-28-18-29(42-2)26(17-25(28)34)36-30(38)19-43-24-14-12-23(13-15-24)35-32(40)27(16-20-8-10-22(33)11-9-20)37-31(39)21-6-4-3-5-7-21/h3-18H,19H2,1-2H3,(H,35,40)(H,36,38)(H,37,39)/b27-16-. The number of anilines is 2. The number of thioether (sulfide) groups is 1. The van der Waals surface area contributed by atoms with Gasteiger partial charge in [0.15, 0.2) is 0 Å². The van der Waals surface area contributed by atoms with Crippen LogP contribution < -0.4 is 25.4 Å². The van der Waals surface area contributed by atoms with Crippen LogP contribution in [0.1, 0.15) is 15.9 Å². The lowest BCUT2D eigenvalue weighted by molar-refractivity contribution is -0.114.